The molecule has 0 saturated heterocycles. The van der Waals surface area contributed by atoms with Crippen molar-refractivity contribution in [3.8, 4) is 28.8 Å². The van der Waals surface area contributed by atoms with E-state index in [9.17, 15) is 15.8 Å². The number of benzene rings is 1. The fraction of sp³-hybridized carbons (Fsp3) is 0.160. The Morgan fingerprint density at radius 2 is 1.85 bits per heavy atom. The molecule has 0 N–H and O–H groups in total. The highest BCUT2D eigenvalue weighted by Crippen LogP contribution is 2.40. The van der Waals surface area contributed by atoms with Gasteiger partial charge in [-0.15, -0.1) is 16.4 Å². The van der Waals surface area contributed by atoms with E-state index in [0.29, 0.717) is 12.1 Å². The molecule has 0 atom stereocenters. The Hall–Kier alpha value is -4.45. The lowest BCUT2D eigenvalue weighted by Crippen LogP contribution is -2.20. The van der Waals surface area contributed by atoms with E-state index < -0.39 is 5.60 Å². The van der Waals surface area contributed by atoms with Crippen molar-refractivity contribution in [3.63, 3.8) is 0 Å². The van der Waals surface area contributed by atoms with Crippen LogP contribution in [0.25, 0.3) is 16.6 Å². The zero-order chi connectivity index (χ0) is 23.4. The van der Waals surface area contributed by atoms with Crippen molar-refractivity contribution in [2.75, 3.05) is 0 Å². The average Bonchev–Trinajstić information content (AvgIpc) is 3.52. The van der Waals surface area contributed by atoms with Crippen molar-refractivity contribution in [2.45, 2.75) is 26.0 Å². The van der Waals surface area contributed by atoms with Gasteiger partial charge in [-0.25, -0.2) is 4.68 Å². The molecule has 1 aromatic carbocycles. The topological polar surface area (TPSA) is 111 Å². The minimum absolute atomic E-state index is 0.0362. The quantitative estimate of drug-likeness (QED) is 0.506. The van der Waals surface area contributed by atoms with Crippen molar-refractivity contribution in [2.24, 2.45) is 0 Å². The Morgan fingerprint density at radius 3 is 2.55 bits per heavy atom. The van der Waals surface area contributed by atoms with Crippen LogP contribution in [-0.2, 0) is 11.3 Å². The highest BCUT2D eigenvalue weighted by Gasteiger charge is 2.38. The molecule has 1 aliphatic rings. The van der Waals surface area contributed by atoms with Crippen molar-refractivity contribution in [1.29, 1.82) is 15.8 Å². The van der Waals surface area contributed by atoms with E-state index in [1.54, 1.807) is 48.1 Å². The Morgan fingerprint density at radius 1 is 1.09 bits per heavy atom. The number of rotatable bonds is 5. The summed E-state index contributed by atoms with van der Waals surface area (Å²) in [5, 5.41) is 36.5. The van der Waals surface area contributed by atoms with Crippen LogP contribution in [0.3, 0.4) is 0 Å². The summed E-state index contributed by atoms with van der Waals surface area (Å²) in [7, 11) is 0. The van der Waals surface area contributed by atoms with E-state index >= 15 is 0 Å². The molecule has 0 radical (unpaired) electrons. The summed E-state index contributed by atoms with van der Waals surface area (Å²) in [4.78, 5) is 1.93. The summed E-state index contributed by atoms with van der Waals surface area (Å²) in [5.41, 5.74) is 1.71. The molecule has 0 bridgehead atoms. The summed E-state index contributed by atoms with van der Waals surface area (Å²) in [6, 6.07) is 19.7. The summed E-state index contributed by atoms with van der Waals surface area (Å²) in [5.74, 6) is 0.0362. The number of ether oxygens (including phenoxy) is 1. The van der Waals surface area contributed by atoms with Crippen molar-refractivity contribution < 1.29 is 4.74 Å². The molecule has 0 amide bonds. The summed E-state index contributed by atoms with van der Waals surface area (Å²) < 4.78 is 7.60. The molecule has 7 nitrogen and oxygen atoms in total. The van der Waals surface area contributed by atoms with Crippen molar-refractivity contribution in [1.82, 2.24) is 15.0 Å². The normalized spacial score (nSPS) is 14.6. The lowest BCUT2D eigenvalue weighted by molar-refractivity contribution is 0.0954. The van der Waals surface area contributed by atoms with Crippen LogP contribution in [0.5, 0.6) is 0 Å². The first-order chi connectivity index (χ1) is 15.9. The molecule has 4 rings (SSSR count). The van der Waals surface area contributed by atoms with Gasteiger partial charge in [-0.1, -0.05) is 41.6 Å². The first kappa shape index (κ1) is 21.8. The van der Waals surface area contributed by atoms with Gasteiger partial charge in [0.25, 0.3) is 0 Å². The predicted molar refractivity (Wildman–Crippen MR) is 124 cm³/mol. The van der Waals surface area contributed by atoms with Crippen molar-refractivity contribution in [3.05, 3.63) is 87.7 Å². The standard InChI is InChI=1S/C25H18N6OS/c1-25(2)21(20(14-28)24(32-25)18(12-26)13-27)10-8-19-9-11-23(33-19)22-16-31(30-29-22)15-17-6-4-3-5-7-17/h3-11,16H,15H2,1-2H3/b10-8+. The van der Waals surface area contributed by atoms with E-state index in [4.69, 9.17) is 4.74 Å². The monoisotopic (exact) mass is 450 g/mol. The number of aromatic nitrogens is 3. The van der Waals surface area contributed by atoms with Crippen LogP contribution in [0.2, 0.25) is 0 Å². The lowest BCUT2D eigenvalue weighted by Gasteiger charge is -2.20. The Kier molecular flexibility index (Phi) is 5.91. The van der Waals surface area contributed by atoms with Crippen LogP contribution in [-0.4, -0.2) is 20.6 Å². The van der Waals surface area contributed by atoms with E-state index in [1.165, 1.54) is 0 Å². The second kappa shape index (κ2) is 8.96. The van der Waals surface area contributed by atoms with Gasteiger partial charge in [-0.3, -0.25) is 0 Å². The smallest absolute Gasteiger partial charge is 0.172 e. The van der Waals surface area contributed by atoms with Gasteiger partial charge in [0.15, 0.2) is 11.3 Å². The molecule has 0 saturated carbocycles. The van der Waals surface area contributed by atoms with E-state index in [-0.39, 0.29) is 16.9 Å². The molecule has 0 spiro atoms. The Labute approximate surface area is 195 Å². The number of allylic oxidation sites excluding steroid dienone is 2. The fourth-order valence-corrected chi connectivity index (χ4v) is 4.35. The van der Waals surface area contributed by atoms with E-state index in [0.717, 1.165) is 21.0 Å². The van der Waals surface area contributed by atoms with Crippen LogP contribution >= 0.6 is 11.3 Å². The summed E-state index contributed by atoms with van der Waals surface area (Å²) in [6.07, 6.45) is 5.61. The van der Waals surface area contributed by atoms with Crippen LogP contribution < -0.4 is 0 Å². The van der Waals surface area contributed by atoms with Gasteiger partial charge in [0.1, 0.15) is 35.1 Å². The molecule has 2 aromatic heterocycles. The third-order valence-corrected chi connectivity index (χ3v) is 6.16. The van der Waals surface area contributed by atoms with Gasteiger partial charge in [-0.05, 0) is 37.6 Å². The molecular weight excluding hydrogens is 432 g/mol. The van der Waals surface area contributed by atoms with Crippen LogP contribution in [0, 0.1) is 34.0 Å². The van der Waals surface area contributed by atoms with Gasteiger partial charge in [-0.2, -0.15) is 15.8 Å². The highest BCUT2D eigenvalue weighted by atomic mass is 32.1. The van der Waals surface area contributed by atoms with E-state index in [1.807, 2.05) is 54.7 Å². The Balaban J connectivity index is 1.58. The van der Waals surface area contributed by atoms with E-state index in [2.05, 4.69) is 16.4 Å². The summed E-state index contributed by atoms with van der Waals surface area (Å²) in [6.45, 7) is 4.25. The molecule has 33 heavy (non-hydrogen) atoms. The van der Waals surface area contributed by atoms with Gasteiger partial charge in [0.2, 0.25) is 0 Å². The SMILES string of the molecule is CC1(C)OC(=C(C#N)C#N)C(C#N)=C1/C=C/c1ccc(-c2cn(Cc3ccccc3)nn2)s1. The molecule has 0 aliphatic carbocycles. The molecular formula is C25H18N6OS. The first-order valence-electron chi connectivity index (χ1n) is 10.1. The maximum absolute atomic E-state index is 9.65. The number of hydrogen-bond acceptors (Lipinski definition) is 7. The first-order valence-corrected chi connectivity index (χ1v) is 10.9. The Bertz CT molecular complexity index is 1400. The largest absolute Gasteiger partial charge is 0.480 e. The minimum Gasteiger partial charge on any atom is -0.480 e. The molecule has 160 valence electrons. The number of nitrogens with zero attached hydrogens (tertiary/aromatic N) is 6. The van der Waals surface area contributed by atoms with Crippen molar-refractivity contribution >= 4 is 17.4 Å². The number of nitriles is 3. The van der Waals surface area contributed by atoms with Gasteiger partial charge < -0.3 is 4.74 Å². The predicted octanol–water partition coefficient (Wildman–Crippen LogP) is 5.00. The maximum atomic E-state index is 9.65. The number of thiophene rings is 1. The fourth-order valence-electron chi connectivity index (χ4n) is 3.49. The third kappa shape index (κ3) is 4.45. The molecule has 1 aliphatic heterocycles. The molecule has 8 heteroatoms. The highest BCUT2D eigenvalue weighted by molar-refractivity contribution is 7.16. The van der Waals surface area contributed by atoms with Crippen LogP contribution in [0.1, 0.15) is 24.3 Å². The molecule has 0 fully saturated rings. The number of hydrogen-bond donors (Lipinski definition) is 0. The van der Waals surface area contributed by atoms with Gasteiger partial charge in [0.05, 0.1) is 17.6 Å². The minimum atomic E-state index is -0.837. The second-order valence-corrected chi connectivity index (χ2v) is 8.88. The molecule has 3 heterocycles. The zero-order valence-corrected chi connectivity index (χ0v) is 18.8. The summed E-state index contributed by atoms with van der Waals surface area (Å²) >= 11 is 1.55. The maximum Gasteiger partial charge on any atom is 0.172 e. The lowest BCUT2D eigenvalue weighted by atomic mass is 9.94. The van der Waals surface area contributed by atoms with Crippen LogP contribution in [0.4, 0.5) is 0 Å². The molecule has 0 unspecified atom stereocenters. The zero-order valence-electron chi connectivity index (χ0n) is 18.0. The second-order valence-electron chi connectivity index (χ2n) is 7.76. The average molecular weight is 451 g/mol. The van der Waals surface area contributed by atoms with Crippen LogP contribution in [0.15, 0.2) is 77.2 Å². The van der Waals surface area contributed by atoms with Gasteiger partial charge in [0, 0.05) is 10.5 Å². The molecule has 3 aromatic rings. The van der Waals surface area contributed by atoms with Gasteiger partial charge >= 0.3 is 0 Å². The third-order valence-electron chi connectivity index (χ3n) is 5.08.